The first kappa shape index (κ1) is 11.2. The van der Waals surface area contributed by atoms with E-state index in [1.807, 2.05) is 0 Å². The Balaban J connectivity index is 0. The topological polar surface area (TPSA) is 98.3 Å². The third kappa shape index (κ3) is 3.89. The molecule has 0 radical (unpaired) electrons. The molecular formula is C4H10O5. The standard InChI is InChI=1S/C4H8O4.H2O/c1-8-4(7)3(6)2-5;/h3,5-6H,2H2,1H3;1H2. The molecule has 5 heteroatoms. The molecule has 0 aromatic rings. The molecule has 4 N–H and O–H groups in total. The van der Waals surface area contributed by atoms with Crippen molar-refractivity contribution in [1.29, 1.82) is 0 Å². The van der Waals surface area contributed by atoms with Crippen LogP contribution in [0.4, 0.5) is 0 Å². The molecule has 0 fully saturated rings. The van der Waals surface area contributed by atoms with Gasteiger partial charge in [-0.15, -0.1) is 0 Å². The minimum absolute atomic E-state index is 0. The maximum atomic E-state index is 10.1. The summed E-state index contributed by atoms with van der Waals surface area (Å²) >= 11 is 0. The molecule has 0 aliphatic rings. The van der Waals surface area contributed by atoms with Gasteiger partial charge in [-0.25, -0.2) is 4.79 Å². The van der Waals surface area contributed by atoms with Crippen LogP contribution in [0.1, 0.15) is 0 Å². The van der Waals surface area contributed by atoms with Gasteiger partial charge in [-0.1, -0.05) is 0 Å². The van der Waals surface area contributed by atoms with Crippen molar-refractivity contribution in [2.24, 2.45) is 0 Å². The zero-order valence-electron chi connectivity index (χ0n) is 5.00. The fraction of sp³-hybridized carbons (Fsp3) is 0.750. The van der Waals surface area contributed by atoms with Crippen LogP contribution in [0, 0.1) is 0 Å². The van der Waals surface area contributed by atoms with E-state index in [4.69, 9.17) is 10.2 Å². The Kier molecular flexibility index (Phi) is 6.82. The van der Waals surface area contributed by atoms with Crippen LogP contribution in [0.2, 0.25) is 0 Å². The molecule has 0 aliphatic carbocycles. The number of ether oxygens (including phenoxy) is 1. The second-order valence-corrected chi connectivity index (χ2v) is 1.22. The zero-order chi connectivity index (χ0) is 6.57. The Labute approximate surface area is 52.2 Å². The van der Waals surface area contributed by atoms with Gasteiger partial charge in [-0.2, -0.15) is 0 Å². The van der Waals surface area contributed by atoms with Crippen molar-refractivity contribution < 1.29 is 25.2 Å². The number of rotatable bonds is 2. The molecule has 0 aromatic carbocycles. The summed E-state index contributed by atoms with van der Waals surface area (Å²) < 4.78 is 4.05. The number of methoxy groups -OCH3 is 1. The lowest BCUT2D eigenvalue weighted by Crippen LogP contribution is -2.25. The van der Waals surface area contributed by atoms with E-state index in [1.54, 1.807) is 0 Å². The van der Waals surface area contributed by atoms with Crippen LogP contribution in [0.15, 0.2) is 0 Å². The van der Waals surface area contributed by atoms with E-state index >= 15 is 0 Å². The van der Waals surface area contributed by atoms with E-state index in [2.05, 4.69) is 4.74 Å². The average molecular weight is 138 g/mol. The van der Waals surface area contributed by atoms with E-state index in [0.29, 0.717) is 0 Å². The Morgan fingerprint density at radius 2 is 2.22 bits per heavy atom. The number of hydrogen-bond donors (Lipinski definition) is 2. The number of esters is 1. The smallest absolute Gasteiger partial charge is 0.337 e. The van der Waals surface area contributed by atoms with Gasteiger partial charge >= 0.3 is 5.97 Å². The summed E-state index contributed by atoms with van der Waals surface area (Å²) in [6, 6.07) is 0. The van der Waals surface area contributed by atoms with E-state index in [-0.39, 0.29) is 5.48 Å². The molecule has 0 saturated heterocycles. The normalized spacial score (nSPS) is 11.4. The molecule has 0 aromatic heterocycles. The first-order chi connectivity index (χ1) is 3.72. The van der Waals surface area contributed by atoms with Crippen molar-refractivity contribution in [1.82, 2.24) is 0 Å². The van der Waals surface area contributed by atoms with E-state index in [9.17, 15) is 4.79 Å². The minimum atomic E-state index is -1.39. The molecule has 9 heavy (non-hydrogen) atoms. The molecule has 1 unspecified atom stereocenters. The van der Waals surface area contributed by atoms with Crippen molar-refractivity contribution >= 4 is 5.97 Å². The van der Waals surface area contributed by atoms with Gasteiger partial charge in [0.1, 0.15) is 0 Å². The molecule has 0 saturated carbocycles. The van der Waals surface area contributed by atoms with Gasteiger partial charge in [0.15, 0.2) is 6.10 Å². The molecular weight excluding hydrogens is 128 g/mol. The van der Waals surface area contributed by atoms with Crippen LogP contribution in [-0.2, 0) is 9.53 Å². The van der Waals surface area contributed by atoms with Crippen LogP contribution in [0.5, 0.6) is 0 Å². The third-order valence-electron chi connectivity index (χ3n) is 0.646. The Morgan fingerprint density at radius 1 is 1.78 bits per heavy atom. The maximum Gasteiger partial charge on any atom is 0.337 e. The second kappa shape index (κ2) is 5.49. The molecule has 0 bridgehead atoms. The number of hydrogen-bond acceptors (Lipinski definition) is 4. The SMILES string of the molecule is COC(=O)C(O)CO.O. The quantitative estimate of drug-likeness (QED) is 0.419. The highest BCUT2D eigenvalue weighted by Crippen LogP contribution is 1.82. The van der Waals surface area contributed by atoms with E-state index in [0.717, 1.165) is 7.11 Å². The van der Waals surface area contributed by atoms with Crippen molar-refractivity contribution in [3.05, 3.63) is 0 Å². The fourth-order valence-electron chi connectivity index (χ4n) is 0.211. The molecule has 0 amide bonds. The van der Waals surface area contributed by atoms with Crippen LogP contribution >= 0.6 is 0 Å². The molecule has 56 valence electrons. The van der Waals surface area contributed by atoms with Crippen LogP contribution < -0.4 is 0 Å². The molecule has 0 rings (SSSR count). The maximum absolute atomic E-state index is 10.1. The van der Waals surface area contributed by atoms with Crippen LogP contribution in [0.3, 0.4) is 0 Å². The lowest BCUT2D eigenvalue weighted by atomic mass is 10.4. The summed E-state index contributed by atoms with van der Waals surface area (Å²) in [5, 5.41) is 16.5. The molecule has 1 atom stereocenters. The summed E-state index contributed by atoms with van der Waals surface area (Å²) in [5.74, 6) is -0.812. The highest BCUT2D eigenvalue weighted by Gasteiger charge is 2.11. The third-order valence-corrected chi connectivity index (χ3v) is 0.646. The average Bonchev–Trinajstić information content (AvgIpc) is 1.84. The molecule has 0 spiro atoms. The summed E-state index contributed by atoms with van der Waals surface area (Å²) in [7, 11) is 1.14. The Bertz CT molecular complexity index is 81.0. The van der Waals surface area contributed by atoms with Crippen LogP contribution in [-0.4, -0.2) is 41.5 Å². The molecule has 5 nitrogen and oxygen atoms in total. The van der Waals surface area contributed by atoms with Gasteiger partial charge in [0.05, 0.1) is 13.7 Å². The second-order valence-electron chi connectivity index (χ2n) is 1.22. The van der Waals surface area contributed by atoms with Gasteiger partial charge in [0.2, 0.25) is 0 Å². The number of carbonyl (C=O) groups is 1. The van der Waals surface area contributed by atoms with Gasteiger partial charge in [-0.05, 0) is 0 Å². The van der Waals surface area contributed by atoms with Crippen molar-refractivity contribution in [3.63, 3.8) is 0 Å². The summed E-state index contributed by atoms with van der Waals surface area (Å²) in [6.07, 6.45) is -1.39. The predicted molar refractivity (Wildman–Crippen MR) is 28.7 cm³/mol. The summed E-state index contributed by atoms with van der Waals surface area (Å²) in [5.41, 5.74) is 0. The van der Waals surface area contributed by atoms with Gasteiger partial charge in [-0.3, -0.25) is 0 Å². The zero-order valence-corrected chi connectivity index (χ0v) is 5.00. The summed E-state index contributed by atoms with van der Waals surface area (Å²) in [6.45, 7) is -0.591. The Morgan fingerprint density at radius 3 is 2.33 bits per heavy atom. The van der Waals surface area contributed by atoms with Gasteiger partial charge in [0.25, 0.3) is 0 Å². The lowest BCUT2D eigenvalue weighted by molar-refractivity contribution is -0.152. The highest BCUT2D eigenvalue weighted by atomic mass is 16.5. The van der Waals surface area contributed by atoms with E-state index in [1.165, 1.54) is 0 Å². The lowest BCUT2D eigenvalue weighted by Gasteiger charge is -2.01. The fourth-order valence-corrected chi connectivity index (χ4v) is 0.211. The number of aliphatic hydroxyl groups excluding tert-OH is 2. The monoisotopic (exact) mass is 138 g/mol. The molecule has 0 aliphatic heterocycles. The van der Waals surface area contributed by atoms with Crippen molar-refractivity contribution in [2.45, 2.75) is 6.10 Å². The minimum Gasteiger partial charge on any atom is -0.467 e. The van der Waals surface area contributed by atoms with Crippen molar-refractivity contribution in [3.8, 4) is 0 Å². The first-order valence-electron chi connectivity index (χ1n) is 2.09. The largest absolute Gasteiger partial charge is 0.467 e. The number of carbonyl (C=O) groups excluding carboxylic acids is 1. The number of aliphatic hydroxyl groups is 2. The van der Waals surface area contributed by atoms with Gasteiger partial charge < -0.3 is 20.4 Å². The Hall–Kier alpha value is -0.650. The summed E-state index contributed by atoms with van der Waals surface area (Å²) in [4.78, 5) is 10.1. The van der Waals surface area contributed by atoms with E-state index < -0.39 is 18.7 Å². The predicted octanol–water partition coefficient (Wildman–Crippen LogP) is -2.31. The molecule has 0 heterocycles. The van der Waals surface area contributed by atoms with Gasteiger partial charge in [0, 0.05) is 0 Å². The van der Waals surface area contributed by atoms with Crippen molar-refractivity contribution in [2.75, 3.05) is 13.7 Å². The first-order valence-corrected chi connectivity index (χ1v) is 2.09. The highest BCUT2D eigenvalue weighted by molar-refractivity contribution is 5.74. The van der Waals surface area contributed by atoms with Crippen LogP contribution in [0.25, 0.3) is 0 Å².